The van der Waals surface area contributed by atoms with Crippen LogP contribution in [0.2, 0.25) is 0 Å². The first-order valence-electron chi connectivity index (χ1n) is 6.80. The summed E-state index contributed by atoms with van der Waals surface area (Å²) >= 11 is 1.88. The molecule has 0 spiro atoms. The van der Waals surface area contributed by atoms with E-state index < -0.39 is 5.97 Å². The minimum Gasteiger partial charge on any atom is -0.480 e. The number of amides is 2. The molecule has 1 aromatic heterocycles. The molecule has 0 aromatic carbocycles. The highest BCUT2D eigenvalue weighted by atomic mass is 32.2. The largest absolute Gasteiger partial charge is 0.480 e. The molecule has 7 nitrogen and oxygen atoms in total. The molecule has 8 heteroatoms. The van der Waals surface area contributed by atoms with E-state index in [0.29, 0.717) is 12.2 Å². The number of carbonyl (C=O) groups excluding carboxylic acids is 1. The first-order chi connectivity index (χ1) is 9.85. The molecule has 1 aromatic rings. The third-order valence-electron chi connectivity index (χ3n) is 3.31. The fourth-order valence-corrected chi connectivity index (χ4v) is 3.18. The maximum Gasteiger partial charge on any atom is 0.325 e. The highest BCUT2D eigenvalue weighted by Gasteiger charge is 2.26. The van der Waals surface area contributed by atoms with E-state index in [9.17, 15) is 9.59 Å². The monoisotopic (exact) mass is 312 g/mol. The number of carboxylic acids is 1. The number of thioether (sulfide) groups is 1. The minimum absolute atomic E-state index is 0.164. The van der Waals surface area contributed by atoms with E-state index in [4.69, 9.17) is 5.11 Å². The number of aliphatic carboxylic acids is 1. The van der Waals surface area contributed by atoms with Gasteiger partial charge in [-0.1, -0.05) is 13.8 Å². The number of anilines is 1. The Hall–Kier alpha value is -1.70. The van der Waals surface area contributed by atoms with Crippen molar-refractivity contribution in [3.8, 4) is 0 Å². The highest BCUT2D eigenvalue weighted by molar-refractivity contribution is 8.00. The lowest BCUT2D eigenvalue weighted by atomic mass is 10.1. The van der Waals surface area contributed by atoms with Crippen molar-refractivity contribution < 1.29 is 14.7 Å². The van der Waals surface area contributed by atoms with Gasteiger partial charge in [0.25, 0.3) is 0 Å². The summed E-state index contributed by atoms with van der Waals surface area (Å²) < 4.78 is 1.47. The summed E-state index contributed by atoms with van der Waals surface area (Å²) in [5.74, 6) is -0.0543. The molecule has 21 heavy (non-hydrogen) atoms. The predicted molar refractivity (Wildman–Crippen MR) is 81.6 cm³/mol. The van der Waals surface area contributed by atoms with Gasteiger partial charge >= 0.3 is 12.0 Å². The second-order valence-electron chi connectivity index (χ2n) is 5.60. The van der Waals surface area contributed by atoms with Gasteiger partial charge in [-0.25, -0.2) is 4.79 Å². The summed E-state index contributed by atoms with van der Waals surface area (Å²) in [5.41, 5.74) is 0.511. The Bertz CT molecular complexity index is 529. The van der Waals surface area contributed by atoms with E-state index in [1.54, 1.807) is 4.90 Å². The smallest absolute Gasteiger partial charge is 0.325 e. The van der Waals surface area contributed by atoms with Crippen molar-refractivity contribution in [1.82, 2.24) is 14.7 Å². The predicted octanol–water partition coefficient (Wildman–Crippen LogP) is 1.72. The number of aromatic nitrogens is 2. The molecule has 116 valence electrons. The van der Waals surface area contributed by atoms with Crippen molar-refractivity contribution in [3.05, 3.63) is 12.4 Å². The van der Waals surface area contributed by atoms with Gasteiger partial charge in [0.05, 0.1) is 11.9 Å². The molecule has 0 unspecified atom stereocenters. The molecule has 0 saturated carbocycles. The lowest BCUT2D eigenvalue weighted by Crippen LogP contribution is -2.37. The van der Waals surface area contributed by atoms with Gasteiger partial charge in [0.1, 0.15) is 6.54 Å². The second-order valence-corrected chi connectivity index (χ2v) is 7.40. The van der Waals surface area contributed by atoms with Crippen LogP contribution in [0.15, 0.2) is 12.4 Å². The fourth-order valence-electron chi connectivity index (χ4n) is 2.08. The molecule has 0 bridgehead atoms. The number of hydrogen-bond acceptors (Lipinski definition) is 4. The number of nitrogens with zero attached hydrogens (tertiary/aromatic N) is 3. The number of nitrogens with one attached hydrogen (secondary N) is 1. The molecule has 2 amide bonds. The van der Waals surface area contributed by atoms with E-state index >= 15 is 0 Å². The molecule has 2 heterocycles. The van der Waals surface area contributed by atoms with Crippen molar-refractivity contribution in [1.29, 1.82) is 0 Å². The summed E-state index contributed by atoms with van der Waals surface area (Å²) in [4.78, 5) is 24.6. The van der Waals surface area contributed by atoms with Gasteiger partial charge in [-0.2, -0.15) is 16.9 Å². The quantitative estimate of drug-likeness (QED) is 0.887. The Morgan fingerprint density at radius 2 is 2.24 bits per heavy atom. The van der Waals surface area contributed by atoms with E-state index in [-0.39, 0.29) is 17.3 Å². The van der Waals surface area contributed by atoms with Crippen LogP contribution in [0, 0.1) is 0 Å². The van der Waals surface area contributed by atoms with Gasteiger partial charge in [-0.3, -0.25) is 9.48 Å². The van der Waals surface area contributed by atoms with Gasteiger partial charge in [0, 0.05) is 29.8 Å². The van der Waals surface area contributed by atoms with Gasteiger partial charge in [0.15, 0.2) is 0 Å². The Labute approximate surface area is 127 Å². The third-order valence-corrected chi connectivity index (χ3v) is 4.68. The van der Waals surface area contributed by atoms with E-state index in [2.05, 4.69) is 24.3 Å². The van der Waals surface area contributed by atoms with Crippen LogP contribution in [-0.2, 0) is 11.3 Å². The Morgan fingerprint density at radius 3 is 2.95 bits per heavy atom. The number of urea groups is 1. The van der Waals surface area contributed by atoms with Crippen LogP contribution in [0.25, 0.3) is 0 Å². The molecule has 1 saturated heterocycles. The molecule has 0 atom stereocenters. The molecule has 0 aliphatic carbocycles. The standard InChI is InChI=1S/C13H20N4O3S/c1-13(2)3-4-16(5-6-21-13)12(20)15-10-7-14-17(8-10)9-11(18)19/h7-8H,3-6,9H2,1-2H3,(H,15,20)(H,18,19). The zero-order chi connectivity index (χ0) is 15.5. The van der Waals surface area contributed by atoms with Crippen molar-refractivity contribution >= 4 is 29.4 Å². The molecule has 1 fully saturated rings. The van der Waals surface area contributed by atoms with Crippen LogP contribution >= 0.6 is 11.8 Å². The fraction of sp³-hybridized carbons (Fsp3) is 0.615. The average molecular weight is 312 g/mol. The van der Waals surface area contributed by atoms with Crippen LogP contribution in [0.3, 0.4) is 0 Å². The number of rotatable bonds is 3. The topological polar surface area (TPSA) is 87.5 Å². The van der Waals surface area contributed by atoms with Crippen molar-refractivity contribution in [2.24, 2.45) is 0 Å². The molecule has 2 N–H and O–H groups in total. The first-order valence-corrected chi connectivity index (χ1v) is 7.78. The Morgan fingerprint density at radius 1 is 1.48 bits per heavy atom. The SMILES string of the molecule is CC1(C)CCN(C(=O)Nc2cnn(CC(=O)O)c2)CCS1. The molecule has 0 radical (unpaired) electrons. The first kappa shape index (κ1) is 15.7. The summed E-state index contributed by atoms with van der Waals surface area (Å²) in [6.45, 7) is 5.59. The molecular weight excluding hydrogens is 292 g/mol. The Kier molecular flexibility index (Phi) is 4.76. The summed E-state index contributed by atoms with van der Waals surface area (Å²) in [6.07, 6.45) is 3.92. The summed E-state index contributed by atoms with van der Waals surface area (Å²) in [6, 6.07) is -0.164. The van der Waals surface area contributed by atoms with Crippen molar-refractivity contribution in [3.63, 3.8) is 0 Å². The zero-order valence-corrected chi connectivity index (χ0v) is 13.0. The third kappa shape index (κ3) is 4.66. The van der Waals surface area contributed by atoms with Crippen LogP contribution in [0.5, 0.6) is 0 Å². The molecule has 1 aliphatic rings. The van der Waals surface area contributed by atoms with E-state index in [1.807, 2.05) is 11.8 Å². The van der Waals surface area contributed by atoms with Crippen molar-refractivity contribution in [2.75, 3.05) is 24.2 Å². The van der Waals surface area contributed by atoms with Gasteiger partial charge < -0.3 is 15.3 Å². The van der Waals surface area contributed by atoms with Crippen LogP contribution in [-0.4, -0.2) is 55.4 Å². The van der Waals surface area contributed by atoms with Gasteiger partial charge in [-0.05, 0) is 6.42 Å². The maximum absolute atomic E-state index is 12.2. The minimum atomic E-state index is -0.970. The van der Waals surface area contributed by atoms with Gasteiger partial charge in [0.2, 0.25) is 0 Å². The van der Waals surface area contributed by atoms with E-state index in [0.717, 1.165) is 18.7 Å². The lowest BCUT2D eigenvalue weighted by Gasteiger charge is -2.22. The van der Waals surface area contributed by atoms with Crippen LogP contribution in [0.4, 0.5) is 10.5 Å². The van der Waals surface area contributed by atoms with Crippen LogP contribution < -0.4 is 5.32 Å². The molecular formula is C13H20N4O3S. The number of carbonyl (C=O) groups is 2. The van der Waals surface area contributed by atoms with Gasteiger partial charge in [-0.15, -0.1) is 0 Å². The second kappa shape index (κ2) is 6.38. The average Bonchev–Trinajstić information content (AvgIpc) is 2.70. The Balaban J connectivity index is 1.91. The summed E-state index contributed by atoms with van der Waals surface area (Å²) in [5, 5.41) is 15.3. The van der Waals surface area contributed by atoms with Crippen molar-refractivity contribution in [2.45, 2.75) is 31.6 Å². The molecule has 1 aliphatic heterocycles. The normalized spacial score (nSPS) is 18.1. The van der Waals surface area contributed by atoms with E-state index in [1.165, 1.54) is 17.1 Å². The zero-order valence-electron chi connectivity index (χ0n) is 12.2. The molecule has 2 rings (SSSR count). The lowest BCUT2D eigenvalue weighted by molar-refractivity contribution is -0.137. The summed E-state index contributed by atoms with van der Waals surface area (Å²) in [7, 11) is 0. The number of hydrogen-bond donors (Lipinski definition) is 2. The number of carboxylic acid groups (broad SMARTS) is 1. The maximum atomic E-state index is 12.2. The van der Waals surface area contributed by atoms with Crippen LogP contribution in [0.1, 0.15) is 20.3 Å². The highest BCUT2D eigenvalue weighted by Crippen LogP contribution is 2.30.